The number of rotatable bonds is 2. The Bertz CT molecular complexity index is 1160. The Hall–Kier alpha value is -3.14. The van der Waals surface area contributed by atoms with Gasteiger partial charge in [-0.3, -0.25) is 9.78 Å². The van der Waals surface area contributed by atoms with E-state index in [0.717, 1.165) is 11.9 Å². The first-order chi connectivity index (χ1) is 15.0. The predicted molar refractivity (Wildman–Crippen MR) is 105 cm³/mol. The van der Waals surface area contributed by atoms with Crippen molar-refractivity contribution in [2.24, 2.45) is 0 Å². The molecule has 6 rings (SSSR count). The molecule has 0 N–H and O–H groups in total. The van der Waals surface area contributed by atoms with Gasteiger partial charge in [-0.05, 0) is 30.5 Å². The minimum absolute atomic E-state index is 0.0820. The van der Waals surface area contributed by atoms with Crippen LogP contribution in [0.15, 0.2) is 36.9 Å². The molecule has 0 unspecified atom stereocenters. The lowest BCUT2D eigenvalue weighted by atomic mass is 9.89. The standard InChI is InChI=1S/C21H20F2N6O2/c22-14-7-13(8-15(23)9-14)16-1-2-19-28(16)20(30)21(31-19)3-5-27(6-4-21)18-11-24-10-17-25-12-26-29(17)18/h7-12,16,19H,1-6H2/t16-,19+/m0/s1. The molecule has 31 heavy (non-hydrogen) atoms. The van der Waals surface area contributed by atoms with Gasteiger partial charge in [-0.2, -0.15) is 9.61 Å². The van der Waals surface area contributed by atoms with E-state index in [1.807, 2.05) is 0 Å². The molecule has 2 aromatic heterocycles. The molecule has 160 valence electrons. The molecular formula is C21H20F2N6O2. The van der Waals surface area contributed by atoms with E-state index in [-0.39, 0.29) is 18.2 Å². The summed E-state index contributed by atoms with van der Waals surface area (Å²) in [5.74, 6) is -0.528. The molecule has 0 radical (unpaired) electrons. The molecule has 1 spiro atoms. The number of fused-ring (bicyclic) bond motifs is 2. The second kappa shape index (κ2) is 6.68. The van der Waals surface area contributed by atoms with Gasteiger partial charge < -0.3 is 14.5 Å². The van der Waals surface area contributed by atoms with Crippen LogP contribution < -0.4 is 4.90 Å². The lowest BCUT2D eigenvalue weighted by Crippen LogP contribution is -2.50. The summed E-state index contributed by atoms with van der Waals surface area (Å²) in [6.07, 6.45) is 6.85. The minimum atomic E-state index is -0.893. The highest BCUT2D eigenvalue weighted by Crippen LogP contribution is 2.48. The summed E-state index contributed by atoms with van der Waals surface area (Å²) in [5, 5.41) is 4.26. The molecule has 2 atom stereocenters. The van der Waals surface area contributed by atoms with Gasteiger partial charge in [-0.1, -0.05) is 0 Å². The van der Waals surface area contributed by atoms with Crippen LogP contribution in [0.2, 0.25) is 0 Å². The summed E-state index contributed by atoms with van der Waals surface area (Å²) in [6, 6.07) is 3.10. The number of benzene rings is 1. The van der Waals surface area contributed by atoms with E-state index in [9.17, 15) is 13.6 Å². The van der Waals surface area contributed by atoms with Crippen molar-refractivity contribution in [1.29, 1.82) is 0 Å². The third kappa shape index (κ3) is 2.81. The second-order valence-electron chi connectivity index (χ2n) is 8.36. The van der Waals surface area contributed by atoms with E-state index >= 15 is 0 Å². The van der Waals surface area contributed by atoms with Gasteiger partial charge >= 0.3 is 0 Å². The Kier molecular flexibility index (Phi) is 4.01. The van der Waals surface area contributed by atoms with E-state index < -0.39 is 17.2 Å². The fraction of sp³-hybridized carbons (Fsp3) is 0.429. The van der Waals surface area contributed by atoms with Crippen LogP contribution in [0.3, 0.4) is 0 Å². The fourth-order valence-corrected chi connectivity index (χ4v) is 5.19. The first kappa shape index (κ1) is 18.6. The summed E-state index contributed by atoms with van der Waals surface area (Å²) in [4.78, 5) is 25.7. The van der Waals surface area contributed by atoms with Gasteiger partial charge in [0.15, 0.2) is 17.1 Å². The van der Waals surface area contributed by atoms with Gasteiger partial charge in [0.2, 0.25) is 0 Å². The van der Waals surface area contributed by atoms with Crippen LogP contribution >= 0.6 is 0 Å². The van der Waals surface area contributed by atoms with Crippen LogP contribution in [-0.2, 0) is 9.53 Å². The lowest BCUT2D eigenvalue weighted by molar-refractivity contribution is -0.140. The Morgan fingerprint density at radius 3 is 2.61 bits per heavy atom. The summed E-state index contributed by atoms with van der Waals surface area (Å²) >= 11 is 0. The highest BCUT2D eigenvalue weighted by Gasteiger charge is 2.58. The molecule has 3 aliphatic heterocycles. The zero-order valence-electron chi connectivity index (χ0n) is 16.6. The lowest BCUT2D eigenvalue weighted by Gasteiger charge is -2.38. The van der Waals surface area contributed by atoms with Crippen molar-refractivity contribution in [2.45, 2.75) is 43.6 Å². The number of piperidine rings is 1. The molecule has 3 aromatic rings. The Balaban J connectivity index is 1.24. The zero-order chi connectivity index (χ0) is 21.2. The van der Waals surface area contributed by atoms with Crippen molar-refractivity contribution in [1.82, 2.24) is 24.5 Å². The molecule has 0 aliphatic carbocycles. The molecule has 10 heteroatoms. The Labute approximate surface area is 176 Å². The number of hydrogen-bond acceptors (Lipinski definition) is 6. The van der Waals surface area contributed by atoms with Crippen LogP contribution in [-0.4, -0.2) is 55.3 Å². The molecule has 8 nitrogen and oxygen atoms in total. The van der Waals surface area contributed by atoms with E-state index in [1.54, 1.807) is 21.8 Å². The number of nitrogens with zero attached hydrogens (tertiary/aromatic N) is 6. The monoisotopic (exact) mass is 426 g/mol. The maximum Gasteiger partial charge on any atom is 0.257 e. The van der Waals surface area contributed by atoms with Gasteiger partial charge in [-0.25, -0.2) is 13.8 Å². The van der Waals surface area contributed by atoms with Crippen molar-refractivity contribution in [3.05, 3.63) is 54.1 Å². The summed E-state index contributed by atoms with van der Waals surface area (Å²) < 4.78 is 35.6. The van der Waals surface area contributed by atoms with Crippen LogP contribution in [0.1, 0.15) is 37.3 Å². The van der Waals surface area contributed by atoms with Gasteiger partial charge in [0.25, 0.3) is 5.91 Å². The molecule has 3 saturated heterocycles. The quantitative estimate of drug-likeness (QED) is 0.627. The van der Waals surface area contributed by atoms with Crippen molar-refractivity contribution in [2.75, 3.05) is 18.0 Å². The largest absolute Gasteiger partial charge is 0.355 e. The third-order valence-electron chi connectivity index (χ3n) is 6.65. The minimum Gasteiger partial charge on any atom is -0.355 e. The third-order valence-corrected chi connectivity index (χ3v) is 6.65. The van der Waals surface area contributed by atoms with Crippen molar-refractivity contribution in [3.8, 4) is 0 Å². The van der Waals surface area contributed by atoms with E-state index in [2.05, 4.69) is 20.0 Å². The molecule has 5 heterocycles. The van der Waals surface area contributed by atoms with Gasteiger partial charge in [0, 0.05) is 32.0 Å². The SMILES string of the molecule is O=C1N2[C@@H](CC[C@H]2c2cc(F)cc(F)c2)OC12CCN(c1cncc3ncnn13)CC2. The van der Waals surface area contributed by atoms with E-state index in [4.69, 9.17) is 4.74 Å². The van der Waals surface area contributed by atoms with Gasteiger partial charge in [0.05, 0.1) is 18.4 Å². The number of carbonyl (C=O) groups excluding carboxylic acids is 1. The van der Waals surface area contributed by atoms with Crippen molar-refractivity contribution < 1.29 is 18.3 Å². The molecule has 3 aliphatic rings. The topological polar surface area (TPSA) is 75.9 Å². The number of halogens is 2. The number of aromatic nitrogens is 4. The van der Waals surface area contributed by atoms with Crippen LogP contribution in [0.5, 0.6) is 0 Å². The molecule has 0 saturated carbocycles. The first-order valence-corrected chi connectivity index (χ1v) is 10.4. The number of amides is 1. The predicted octanol–water partition coefficient (Wildman–Crippen LogP) is 2.46. The molecular weight excluding hydrogens is 406 g/mol. The van der Waals surface area contributed by atoms with Gasteiger partial charge in [0.1, 0.15) is 24.2 Å². The number of anilines is 1. The average Bonchev–Trinajstić information content (AvgIpc) is 3.45. The Morgan fingerprint density at radius 2 is 1.84 bits per heavy atom. The van der Waals surface area contributed by atoms with Crippen molar-refractivity contribution >= 4 is 17.4 Å². The highest BCUT2D eigenvalue weighted by molar-refractivity contribution is 5.88. The maximum absolute atomic E-state index is 13.8. The van der Waals surface area contributed by atoms with E-state index in [0.29, 0.717) is 50.0 Å². The van der Waals surface area contributed by atoms with Crippen molar-refractivity contribution in [3.63, 3.8) is 0 Å². The number of ether oxygens (including phenoxy) is 1. The summed E-state index contributed by atoms with van der Waals surface area (Å²) in [7, 11) is 0. The highest BCUT2D eigenvalue weighted by atomic mass is 19.1. The maximum atomic E-state index is 13.8. The molecule has 1 amide bonds. The van der Waals surface area contributed by atoms with Crippen LogP contribution in [0.4, 0.5) is 14.6 Å². The first-order valence-electron chi connectivity index (χ1n) is 10.4. The average molecular weight is 426 g/mol. The Morgan fingerprint density at radius 1 is 1.06 bits per heavy atom. The molecule has 1 aromatic carbocycles. The van der Waals surface area contributed by atoms with E-state index in [1.165, 1.54) is 18.5 Å². The number of carbonyl (C=O) groups is 1. The zero-order valence-corrected chi connectivity index (χ0v) is 16.6. The smallest absolute Gasteiger partial charge is 0.257 e. The summed E-state index contributed by atoms with van der Waals surface area (Å²) in [5.41, 5.74) is 0.252. The number of hydrogen-bond donors (Lipinski definition) is 0. The molecule has 3 fully saturated rings. The van der Waals surface area contributed by atoms with Crippen LogP contribution in [0, 0.1) is 11.6 Å². The fourth-order valence-electron chi connectivity index (χ4n) is 5.19. The normalized spacial score (nSPS) is 25.0. The summed E-state index contributed by atoms with van der Waals surface area (Å²) in [6.45, 7) is 1.21. The molecule has 0 bridgehead atoms. The van der Waals surface area contributed by atoms with Gasteiger partial charge in [-0.15, -0.1) is 0 Å². The second-order valence-corrected chi connectivity index (χ2v) is 8.36. The van der Waals surface area contributed by atoms with Crippen LogP contribution in [0.25, 0.3) is 5.65 Å².